The Hall–Kier alpha value is -2.82. The molecule has 0 aliphatic carbocycles. The van der Waals surface area contributed by atoms with Gasteiger partial charge in [0.2, 0.25) is 5.91 Å². The van der Waals surface area contributed by atoms with Gasteiger partial charge in [0.25, 0.3) is 0 Å². The summed E-state index contributed by atoms with van der Waals surface area (Å²) in [6.07, 6.45) is 3.03. The van der Waals surface area contributed by atoms with Crippen molar-refractivity contribution in [3.63, 3.8) is 0 Å². The zero-order chi connectivity index (χ0) is 15.9. The number of amides is 1. The van der Waals surface area contributed by atoms with E-state index in [1.165, 1.54) is 30.3 Å². The molecule has 2 aromatic rings. The van der Waals surface area contributed by atoms with Crippen LogP contribution < -0.4 is 15.8 Å². The average molecular weight is 300 g/mol. The summed E-state index contributed by atoms with van der Waals surface area (Å²) in [4.78, 5) is 11.8. The summed E-state index contributed by atoms with van der Waals surface area (Å²) in [5.74, 6) is -0.0344. The number of carbonyl (C=O) groups is 1. The minimum atomic E-state index is -0.349. The van der Waals surface area contributed by atoms with Crippen molar-refractivity contribution < 1.29 is 13.9 Å². The number of nitrogens with one attached hydrogen (secondary N) is 1. The molecule has 0 saturated heterocycles. The van der Waals surface area contributed by atoms with Gasteiger partial charge in [-0.05, 0) is 55.0 Å². The molecule has 114 valence electrons. The number of benzene rings is 2. The number of nitrogens with two attached hydrogens (primary N) is 1. The maximum atomic E-state index is 12.8. The first-order valence-electron chi connectivity index (χ1n) is 6.85. The average Bonchev–Trinajstić information content (AvgIpc) is 2.50. The Labute approximate surface area is 128 Å². The van der Waals surface area contributed by atoms with E-state index in [1.54, 1.807) is 18.2 Å². The lowest BCUT2D eigenvalue weighted by Crippen LogP contribution is -2.07. The maximum Gasteiger partial charge on any atom is 0.248 e. The molecule has 3 N–H and O–H groups in total. The molecule has 0 aromatic heterocycles. The van der Waals surface area contributed by atoms with Gasteiger partial charge in [0.1, 0.15) is 11.6 Å². The normalized spacial score (nSPS) is 10.6. The SMILES string of the molecule is CCOc1ccc(/C=C\C(=O)Nc2ccc(F)cc2)cc1N. The van der Waals surface area contributed by atoms with Crippen molar-refractivity contribution in [1.82, 2.24) is 0 Å². The van der Waals surface area contributed by atoms with Gasteiger partial charge in [-0.25, -0.2) is 4.39 Å². The topological polar surface area (TPSA) is 64.3 Å². The van der Waals surface area contributed by atoms with E-state index >= 15 is 0 Å². The Morgan fingerprint density at radius 3 is 2.64 bits per heavy atom. The summed E-state index contributed by atoms with van der Waals surface area (Å²) in [7, 11) is 0. The quantitative estimate of drug-likeness (QED) is 0.656. The van der Waals surface area contributed by atoms with Crippen LogP contribution in [-0.4, -0.2) is 12.5 Å². The first kappa shape index (κ1) is 15.6. The standard InChI is InChI=1S/C17H17FN2O2/c1-2-22-16-9-3-12(11-15(16)19)4-10-17(21)20-14-7-5-13(18)6-8-14/h3-11H,2,19H2,1H3,(H,20,21)/b10-4-. The molecule has 4 nitrogen and oxygen atoms in total. The molecular formula is C17H17FN2O2. The van der Waals surface area contributed by atoms with Crippen LogP contribution in [0.3, 0.4) is 0 Å². The summed E-state index contributed by atoms with van der Waals surface area (Å²) in [5, 5.41) is 2.64. The van der Waals surface area contributed by atoms with Gasteiger partial charge in [0, 0.05) is 11.8 Å². The van der Waals surface area contributed by atoms with E-state index in [4.69, 9.17) is 10.5 Å². The van der Waals surface area contributed by atoms with E-state index in [-0.39, 0.29) is 11.7 Å². The molecule has 0 bridgehead atoms. The summed E-state index contributed by atoms with van der Waals surface area (Å²) in [5.41, 5.74) is 7.69. The van der Waals surface area contributed by atoms with Gasteiger partial charge >= 0.3 is 0 Å². The summed E-state index contributed by atoms with van der Waals surface area (Å²) >= 11 is 0. The zero-order valence-electron chi connectivity index (χ0n) is 12.2. The zero-order valence-corrected chi connectivity index (χ0v) is 12.2. The van der Waals surface area contributed by atoms with Gasteiger partial charge in [0.15, 0.2) is 0 Å². The summed E-state index contributed by atoms with van der Waals surface area (Å²) in [6.45, 7) is 2.42. The fourth-order valence-electron chi connectivity index (χ4n) is 1.85. The van der Waals surface area contributed by atoms with Crippen LogP contribution >= 0.6 is 0 Å². The van der Waals surface area contributed by atoms with Gasteiger partial charge in [-0.1, -0.05) is 6.07 Å². The molecule has 0 unspecified atom stereocenters. The van der Waals surface area contributed by atoms with Crippen LogP contribution in [0.5, 0.6) is 5.75 Å². The predicted octanol–water partition coefficient (Wildman–Crippen LogP) is 3.46. The van der Waals surface area contributed by atoms with Crippen molar-refractivity contribution in [3.05, 3.63) is 59.9 Å². The van der Waals surface area contributed by atoms with Crippen molar-refractivity contribution >= 4 is 23.4 Å². The third-order valence-electron chi connectivity index (χ3n) is 2.87. The molecule has 5 heteroatoms. The third kappa shape index (κ3) is 4.34. The van der Waals surface area contributed by atoms with Gasteiger partial charge in [0.05, 0.1) is 12.3 Å². The number of ether oxygens (including phenoxy) is 1. The molecule has 0 saturated carbocycles. The van der Waals surface area contributed by atoms with Crippen molar-refractivity contribution in [2.75, 3.05) is 17.7 Å². The highest BCUT2D eigenvalue weighted by Gasteiger charge is 2.01. The first-order chi connectivity index (χ1) is 10.6. The number of anilines is 2. The molecule has 1 amide bonds. The van der Waals surface area contributed by atoms with Gasteiger partial charge in [-0.3, -0.25) is 4.79 Å². The van der Waals surface area contributed by atoms with Crippen LogP contribution in [0.2, 0.25) is 0 Å². The van der Waals surface area contributed by atoms with E-state index < -0.39 is 0 Å². The highest BCUT2D eigenvalue weighted by atomic mass is 19.1. The van der Waals surface area contributed by atoms with Gasteiger partial charge < -0.3 is 15.8 Å². The van der Waals surface area contributed by atoms with E-state index in [1.807, 2.05) is 13.0 Å². The molecule has 0 fully saturated rings. The molecule has 22 heavy (non-hydrogen) atoms. The largest absolute Gasteiger partial charge is 0.492 e. The summed E-state index contributed by atoms with van der Waals surface area (Å²) in [6, 6.07) is 10.9. The van der Waals surface area contributed by atoms with E-state index in [0.29, 0.717) is 23.7 Å². The third-order valence-corrected chi connectivity index (χ3v) is 2.87. The van der Waals surface area contributed by atoms with Crippen molar-refractivity contribution in [1.29, 1.82) is 0 Å². The van der Waals surface area contributed by atoms with E-state index in [2.05, 4.69) is 5.32 Å². The summed E-state index contributed by atoms with van der Waals surface area (Å²) < 4.78 is 18.1. The van der Waals surface area contributed by atoms with Crippen LogP contribution in [0.4, 0.5) is 15.8 Å². The van der Waals surface area contributed by atoms with Crippen LogP contribution in [-0.2, 0) is 4.79 Å². The van der Waals surface area contributed by atoms with Gasteiger partial charge in [-0.15, -0.1) is 0 Å². The molecule has 0 radical (unpaired) electrons. The van der Waals surface area contributed by atoms with E-state index in [0.717, 1.165) is 5.56 Å². The number of carbonyl (C=O) groups excluding carboxylic acids is 1. The monoisotopic (exact) mass is 300 g/mol. The second-order valence-corrected chi connectivity index (χ2v) is 4.56. The smallest absolute Gasteiger partial charge is 0.248 e. The first-order valence-corrected chi connectivity index (χ1v) is 6.85. The lowest BCUT2D eigenvalue weighted by molar-refractivity contribution is -0.111. The Morgan fingerprint density at radius 2 is 2.00 bits per heavy atom. The lowest BCUT2D eigenvalue weighted by Gasteiger charge is -2.07. The molecule has 2 rings (SSSR count). The Balaban J connectivity index is 2.00. The fraction of sp³-hybridized carbons (Fsp3) is 0.118. The Bertz CT molecular complexity index is 682. The molecule has 2 aromatic carbocycles. The number of hydrogen-bond acceptors (Lipinski definition) is 3. The number of halogens is 1. The highest BCUT2D eigenvalue weighted by Crippen LogP contribution is 2.23. The van der Waals surface area contributed by atoms with Gasteiger partial charge in [-0.2, -0.15) is 0 Å². The van der Waals surface area contributed by atoms with Crippen LogP contribution in [0.1, 0.15) is 12.5 Å². The molecular weight excluding hydrogens is 283 g/mol. The highest BCUT2D eigenvalue weighted by molar-refractivity contribution is 6.01. The molecule has 0 aliphatic rings. The minimum absolute atomic E-state index is 0.306. The van der Waals surface area contributed by atoms with Crippen LogP contribution in [0.25, 0.3) is 6.08 Å². The maximum absolute atomic E-state index is 12.8. The number of hydrogen-bond donors (Lipinski definition) is 2. The molecule has 0 aliphatic heterocycles. The van der Waals surface area contributed by atoms with Crippen molar-refractivity contribution in [3.8, 4) is 5.75 Å². The minimum Gasteiger partial charge on any atom is -0.492 e. The number of nitrogen functional groups attached to an aromatic ring is 1. The van der Waals surface area contributed by atoms with Crippen molar-refractivity contribution in [2.24, 2.45) is 0 Å². The second-order valence-electron chi connectivity index (χ2n) is 4.56. The van der Waals surface area contributed by atoms with E-state index in [9.17, 15) is 9.18 Å². The van der Waals surface area contributed by atoms with Crippen LogP contribution in [0, 0.1) is 5.82 Å². The fourth-order valence-corrected chi connectivity index (χ4v) is 1.85. The van der Waals surface area contributed by atoms with Crippen LogP contribution in [0.15, 0.2) is 48.5 Å². The van der Waals surface area contributed by atoms with Crippen molar-refractivity contribution in [2.45, 2.75) is 6.92 Å². The molecule has 0 heterocycles. The predicted molar refractivity (Wildman–Crippen MR) is 86.1 cm³/mol. The Morgan fingerprint density at radius 1 is 1.27 bits per heavy atom. The molecule has 0 spiro atoms. The second kappa shape index (κ2) is 7.26. The number of rotatable bonds is 5. The molecule has 0 atom stereocenters. The lowest BCUT2D eigenvalue weighted by atomic mass is 10.1. The Kier molecular flexibility index (Phi) is 5.14.